The van der Waals surface area contributed by atoms with Crippen LogP contribution in [0.25, 0.3) is 0 Å². The van der Waals surface area contributed by atoms with Crippen molar-refractivity contribution in [2.24, 2.45) is 0 Å². The Morgan fingerprint density at radius 1 is 1.10 bits per heavy atom. The smallest absolute Gasteiger partial charge is 0.241 e. The van der Waals surface area contributed by atoms with Crippen molar-refractivity contribution in [1.29, 1.82) is 0 Å². The van der Waals surface area contributed by atoms with Crippen molar-refractivity contribution in [2.75, 3.05) is 39.0 Å². The molecule has 0 aromatic heterocycles. The molecule has 0 spiro atoms. The molecule has 0 bridgehead atoms. The lowest BCUT2D eigenvalue weighted by molar-refractivity contribution is -0.117. The van der Waals surface area contributed by atoms with Gasteiger partial charge in [-0.15, -0.1) is 0 Å². The van der Waals surface area contributed by atoms with Gasteiger partial charge in [-0.2, -0.15) is 0 Å². The van der Waals surface area contributed by atoms with Gasteiger partial charge in [0.2, 0.25) is 12.7 Å². The summed E-state index contributed by atoms with van der Waals surface area (Å²) in [5, 5.41) is 6.39. The highest BCUT2D eigenvalue weighted by atomic mass is 16.7. The molecule has 7 nitrogen and oxygen atoms in total. The first-order valence-corrected chi connectivity index (χ1v) is 10.3. The summed E-state index contributed by atoms with van der Waals surface area (Å²) >= 11 is 0. The van der Waals surface area contributed by atoms with Crippen molar-refractivity contribution in [3.05, 3.63) is 48.0 Å². The number of rotatable bonds is 7. The van der Waals surface area contributed by atoms with Gasteiger partial charge in [0.1, 0.15) is 5.75 Å². The Kier molecular flexibility index (Phi) is 6.11. The molecular weight excluding hydrogens is 384 g/mol. The number of anilines is 1. The highest BCUT2D eigenvalue weighted by Crippen LogP contribution is 2.40. The highest BCUT2D eigenvalue weighted by molar-refractivity contribution is 5.94. The first-order valence-electron chi connectivity index (χ1n) is 10.3. The lowest BCUT2D eigenvalue weighted by atomic mass is 9.74. The van der Waals surface area contributed by atoms with Crippen LogP contribution in [0.15, 0.2) is 42.5 Å². The van der Waals surface area contributed by atoms with Crippen LogP contribution in [0.3, 0.4) is 0 Å². The van der Waals surface area contributed by atoms with E-state index in [0.717, 1.165) is 35.8 Å². The average Bonchev–Trinajstić information content (AvgIpc) is 3.26. The topological polar surface area (TPSA) is 78.1 Å². The van der Waals surface area contributed by atoms with Crippen LogP contribution in [-0.4, -0.2) is 45.6 Å². The molecule has 0 saturated carbocycles. The van der Waals surface area contributed by atoms with Gasteiger partial charge in [0.15, 0.2) is 11.5 Å². The zero-order valence-electron chi connectivity index (χ0n) is 17.4. The van der Waals surface area contributed by atoms with Gasteiger partial charge < -0.3 is 29.6 Å². The zero-order valence-corrected chi connectivity index (χ0v) is 17.4. The number of nitrogens with one attached hydrogen (secondary N) is 2. The van der Waals surface area contributed by atoms with Crippen LogP contribution in [0.2, 0.25) is 0 Å². The maximum absolute atomic E-state index is 12.7. The molecule has 2 aromatic rings. The molecule has 1 fully saturated rings. The predicted molar refractivity (Wildman–Crippen MR) is 113 cm³/mol. The summed E-state index contributed by atoms with van der Waals surface area (Å²) in [5.74, 6) is 2.24. The number of benzene rings is 2. The molecule has 1 unspecified atom stereocenters. The van der Waals surface area contributed by atoms with Crippen LogP contribution < -0.4 is 24.8 Å². The Bertz CT molecular complexity index is 878. The van der Waals surface area contributed by atoms with Gasteiger partial charge in [-0.1, -0.05) is 6.07 Å². The summed E-state index contributed by atoms with van der Waals surface area (Å²) in [6, 6.07) is 13.1. The fraction of sp³-hybridized carbons (Fsp3) is 0.435. The number of carbonyl (C=O) groups is 1. The van der Waals surface area contributed by atoms with E-state index >= 15 is 0 Å². The summed E-state index contributed by atoms with van der Waals surface area (Å²) in [5.41, 5.74) is 1.81. The molecule has 0 aliphatic carbocycles. The number of carbonyl (C=O) groups excluding carboxylic acids is 1. The zero-order chi connectivity index (χ0) is 21.0. The Hall–Kier alpha value is -2.77. The SMILES string of the molecule is COc1ccc(NC(=O)C(C)NCC2(c3ccc4c(c3)OCO4)CCOCC2)cc1. The molecule has 2 aliphatic heterocycles. The van der Waals surface area contributed by atoms with Gasteiger partial charge in [-0.3, -0.25) is 4.79 Å². The first kappa shape index (κ1) is 20.5. The number of methoxy groups -OCH3 is 1. The van der Waals surface area contributed by atoms with Crippen LogP contribution in [0.5, 0.6) is 17.2 Å². The highest BCUT2D eigenvalue weighted by Gasteiger charge is 2.36. The van der Waals surface area contributed by atoms with Crippen molar-refractivity contribution in [3.8, 4) is 17.2 Å². The molecule has 1 saturated heterocycles. The molecule has 2 heterocycles. The second kappa shape index (κ2) is 8.93. The van der Waals surface area contributed by atoms with Crippen LogP contribution >= 0.6 is 0 Å². The van der Waals surface area contributed by atoms with Gasteiger partial charge in [0, 0.05) is 30.9 Å². The van der Waals surface area contributed by atoms with E-state index in [2.05, 4.69) is 22.8 Å². The maximum Gasteiger partial charge on any atom is 0.241 e. The Labute approximate surface area is 176 Å². The fourth-order valence-corrected chi connectivity index (χ4v) is 3.92. The van der Waals surface area contributed by atoms with Gasteiger partial charge in [-0.25, -0.2) is 0 Å². The van der Waals surface area contributed by atoms with Gasteiger partial charge in [0.05, 0.1) is 13.2 Å². The van der Waals surface area contributed by atoms with Crippen molar-refractivity contribution in [2.45, 2.75) is 31.2 Å². The number of amides is 1. The molecular formula is C23H28N2O5. The van der Waals surface area contributed by atoms with E-state index < -0.39 is 0 Å². The standard InChI is InChI=1S/C23H28N2O5/c1-16(22(26)25-18-4-6-19(27-2)7-5-18)24-14-23(9-11-28-12-10-23)17-3-8-20-21(13-17)30-15-29-20/h3-8,13,16,24H,9-12,14-15H2,1-2H3,(H,25,26). The van der Waals surface area contributed by atoms with E-state index in [1.165, 1.54) is 5.56 Å². The number of hydrogen-bond donors (Lipinski definition) is 2. The summed E-state index contributed by atoms with van der Waals surface area (Å²) in [4.78, 5) is 12.7. The Morgan fingerprint density at radius 3 is 2.57 bits per heavy atom. The lowest BCUT2D eigenvalue weighted by Gasteiger charge is -2.38. The minimum atomic E-state index is -0.346. The van der Waals surface area contributed by atoms with Crippen molar-refractivity contribution >= 4 is 11.6 Å². The van der Waals surface area contributed by atoms with Crippen LogP contribution in [0, 0.1) is 0 Å². The van der Waals surface area contributed by atoms with E-state index in [1.807, 2.05) is 37.3 Å². The summed E-state index contributed by atoms with van der Waals surface area (Å²) in [6.45, 7) is 4.21. The molecule has 2 aliphatic rings. The molecule has 7 heteroatoms. The number of fused-ring (bicyclic) bond motifs is 1. The summed E-state index contributed by atoms with van der Waals surface area (Å²) in [6.07, 6.45) is 1.76. The minimum Gasteiger partial charge on any atom is -0.497 e. The molecule has 1 amide bonds. The quantitative estimate of drug-likeness (QED) is 0.728. The monoisotopic (exact) mass is 412 g/mol. The van der Waals surface area contributed by atoms with Gasteiger partial charge in [0.25, 0.3) is 0 Å². The number of ether oxygens (including phenoxy) is 4. The van der Waals surface area contributed by atoms with E-state index in [0.29, 0.717) is 19.8 Å². The molecule has 1 atom stereocenters. The van der Waals surface area contributed by atoms with Crippen LogP contribution in [-0.2, 0) is 14.9 Å². The van der Waals surface area contributed by atoms with E-state index in [1.54, 1.807) is 7.11 Å². The molecule has 2 aromatic carbocycles. The van der Waals surface area contributed by atoms with E-state index in [4.69, 9.17) is 18.9 Å². The number of hydrogen-bond acceptors (Lipinski definition) is 6. The minimum absolute atomic E-state index is 0.0759. The maximum atomic E-state index is 12.7. The molecule has 30 heavy (non-hydrogen) atoms. The Balaban J connectivity index is 1.42. The largest absolute Gasteiger partial charge is 0.497 e. The Morgan fingerprint density at radius 2 is 1.83 bits per heavy atom. The molecule has 0 radical (unpaired) electrons. The first-order chi connectivity index (χ1) is 14.6. The average molecular weight is 412 g/mol. The second-order valence-electron chi connectivity index (χ2n) is 7.78. The third-order valence-corrected chi connectivity index (χ3v) is 5.93. The van der Waals surface area contributed by atoms with E-state index in [-0.39, 0.29) is 24.2 Å². The predicted octanol–water partition coefficient (Wildman–Crippen LogP) is 3.09. The molecule has 4 rings (SSSR count). The summed E-state index contributed by atoms with van der Waals surface area (Å²) in [7, 11) is 1.62. The van der Waals surface area contributed by atoms with Crippen LogP contribution in [0.4, 0.5) is 5.69 Å². The molecule has 160 valence electrons. The normalized spacial score (nSPS) is 17.9. The third kappa shape index (κ3) is 4.37. The van der Waals surface area contributed by atoms with Crippen molar-refractivity contribution in [1.82, 2.24) is 5.32 Å². The second-order valence-corrected chi connectivity index (χ2v) is 7.78. The van der Waals surface area contributed by atoms with Gasteiger partial charge in [-0.05, 0) is 61.7 Å². The van der Waals surface area contributed by atoms with E-state index in [9.17, 15) is 4.79 Å². The van der Waals surface area contributed by atoms with Gasteiger partial charge >= 0.3 is 0 Å². The molecule has 2 N–H and O–H groups in total. The summed E-state index contributed by atoms with van der Waals surface area (Å²) < 4.78 is 21.8. The van der Waals surface area contributed by atoms with Crippen molar-refractivity contribution < 1.29 is 23.7 Å². The fourth-order valence-electron chi connectivity index (χ4n) is 3.92. The lowest BCUT2D eigenvalue weighted by Crippen LogP contribution is -2.48. The van der Waals surface area contributed by atoms with Crippen molar-refractivity contribution in [3.63, 3.8) is 0 Å². The van der Waals surface area contributed by atoms with Crippen LogP contribution in [0.1, 0.15) is 25.3 Å². The third-order valence-electron chi connectivity index (χ3n) is 5.93.